The van der Waals surface area contributed by atoms with Crippen molar-refractivity contribution in [2.45, 2.75) is 13.0 Å². The van der Waals surface area contributed by atoms with Crippen LogP contribution in [0.2, 0.25) is 0 Å². The molecule has 116 valence electrons. The van der Waals surface area contributed by atoms with E-state index in [0.29, 0.717) is 10.9 Å². The highest BCUT2D eigenvalue weighted by molar-refractivity contribution is 6.01. The summed E-state index contributed by atoms with van der Waals surface area (Å²) in [5, 5.41) is 21.5. The minimum Gasteiger partial charge on any atom is -0.506 e. The van der Waals surface area contributed by atoms with Crippen molar-refractivity contribution < 1.29 is 19.7 Å². The summed E-state index contributed by atoms with van der Waals surface area (Å²) >= 11 is 0. The van der Waals surface area contributed by atoms with Crippen molar-refractivity contribution >= 4 is 16.7 Å². The van der Waals surface area contributed by atoms with Gasteiger partial charge in [-0.3, -0.25) is 4.98 Å². The Bertz CT molecular complexity index is 876. The summed E-state index contributed by atoms with van der Waals surface area (Å²) in [6.07, 6.45) is 2.12. The van der Waals surface area contributed by atoms with Gasteiger partial charge in [-0.15, -0.1) is 0 Å². The van der Waals surface area contributed by atoms with E-state index in [9.17, 15) is 15.0 Å². The first kappa shape index (κ1) is 14.8. The number of hydrogen-bond donors (Lipinski definition) is 2. The highest BCUT2D eigenvalue weighted by Crippen LogP contribution is 2.31. The van der Waals surface area contributed by atoms with E-state index in [4.69, 9.17) is 4.74 Å². The lowest BCUT2D eigenvalue weighted by Crippen LogP contribution is -2.10. The molecule has 0 amide bonds. The van der Waals surface area contributed by atoms with Crippen LogP contribution < -0.4 is 0 Å². The zero-order valence-electron chi connectivity index (χ0n) is 12.4. The Kier molecular flexibility index (Phi) is 3.85. The van der Waals surface area contributed by atoms with Crippen molar-refractivity contribution in [2.24, 2.45) is 0 Å². The minimum absolute atomic E-state index is 0.0458. The first-order chi connectivity index (χ1) is 11.1. The lowest BCUT2D eigenvalue weighted by atomic mass is 10.1. The number of rotatable bonds is 3. The topological polar surface area (TPSA) is 79.7 Å². The lowest BCUT2D eigenvalue weighted by Gasteiger charge is -2.15. The molecule has 5 heteroatoms. The van der Waals surface area contributed by atoms with E-state index in [1.165, 1.54) is 18.5 Å². The molecule has 0 unspecified atom stereocenters. The average molecular weight is 309 g/mol. The van der Waals surface area contributed by atoms with E-state index in [1.54, 1.807) is 31.2 Å². The molecular weight excluding hydrogens is 294 g/mol. The highest BCUT2D eigenvalue weighted by atomic mass is 16.5. The van der Waals surface area contributed by atoms with E-state index in [1.807, 2.05) is 12.1 Å². The molecule has 0 saturated carbocycles. The number of phenols is 1. The first-order valence-corrected chi connectivity index (χ1v) is 7.12. The normalized spacial score (nSPS) is 12.0. The van der Waals surface area contributed by atoms with Crippen LogP contribution in [0.5, 0.6) is 11.5 Å². The Labute approximate surface area is 132 Å². The van der Waals surface area contributed by atoms with Crippen LogP contribution in [0.4, 0.5) is 0 Å². The lowest BCUT2D eigenvalue weighted by molar-refractivity contribution is 0.0331. The molecule has 0 aliphatic rings. The molecule has 3 rings (SSSR count). The molecule has 1 heterocycles. The number of carbonyl (C=O) groups is 1. The van der Waals surface area contributed by atoms with Gasteiger partial charge < -0.3 is 14.9 Å². The number of aromatic hydroxyl groups is 2. The number of carbonyl (C=O) groups excluding carboxylic acids is 1. The number of nitrogens with zero attached hydrogens (tertiary/aromatic N) is 1. The SMILES string of the molecule is C[C@@H](OC(=O)c1ccc2ccccc2c1O)c1ccncc1O. The summed E-state index contributed by atoms with van der Waals surface area (Å²) in [5.74, 6) is -0.813. The van der Waals surface area contributed by atoms with Crippen LogP contribution in [-0.4, -0.2) is 21.2 Å². The Hall–Kier alpha value is -3.08. The third-order valence-electron chi connectivity index (χ3n) is 3.68. The molecule has 3 aromatic rings. The van der Waals surface area contributed by atoms with Crippen molar-refractivity contribution in [2.75, 3.05) is 0 Å². The Morgan fingerprint density at radius 2 is 1.91 bits per heavy atom. The molecule has 0 radical (unpaired) electrons. The number of esters is 1. The van der Waals surface area contributed by atoms with Crippen molar-refractivity contribution in [3.05, 3.63) is 66.0 Å². The van der Waals surface area contributed by atoms with Gasteiger partial charge in [0, 0.05) is 17.1 Å². The number of pyridine rings is 1. The van der Waals surface area contributed by atoms with Crippen LogP contribution in [0.1, 0.15) is 28.9 Å². The van der Waals surface area contributed by atoms with Gasteiger partial charge in [-0.2, -0.15) is 0 Å². The van der Waals surface area contributed by atoms with E-state index in [2.05, 4.69) is 4.98 Å². The van der Waals surface area contributed by atoms with Gasteiger partial charge in [0.1, 0.15) is 23.2 Å². The average Bonchev–Trinajstić information content (AvgIpc) is 2.55. The van der Waals surface area contributed by atoms with Crippen molar-refractivity contribution in [1.82, 2.24) is 4.98 Å². The molecule has 0 aliphatic carbocycles. The predicted octanol–water partition coefficient (Wildman–Crippen LogP) is 3.56. The number of fused-ring (bicyclic) bond motifs is 1. The van der Waals surface area contributed by atoms with Crippen LogP contribution in [0.15, 0.2) is 54.9 Å². The minimum atomic E-state index is -0.670. The number of phenolic OH excluding ortho intramolecular Hbond substituents is 1. The Morgan fingerprint density at radius 1 is 1.13 bits per heavy atom. The van der Waals surface area contributed by atoms with E-state index in [0.717, 1.165) is 5.39 Å². The van der Waals surface area contributed by atoms with Gasteiger partial charge >= 0.3 is 5.97 Å². The second-order valence-corrected chi connectivity index (χ2v) is 5.16. The maximum absolute atomic E-state index is 12.3. The van der Waals surface area contributed by atoms with Gasteiger partial charge in [0.05, 0.1) is 6.20 Å². The fourth-order valence-corrected chi connectivity index (χ4v) is 2.45. The Morgan fingerprint density at radius 3 is 2.70 bits per heavy atom. The third-order valence-corrected chi connectivity index (χ3v) is 3.68. The van der Waals surface area contributed by atoms with E-state index in [-0.39, 0.29) is 17.1 Å². The molecule has 2 N–H and O–H groups in total. The van der Waals surface area contributed by atoms with Crippen molar-refractivity contribution in [3.63, 3.8) is 0 Å². The van der Waals surface area contributed by atoms with Gasteiger partial charge in [0.25, 0.3) is 0 Å². The third kappa shape index (κ3) is 2.81. The van der Waals surface area contributed by atoms with Crippen LogP contribution in [0.3, 0.4) is 0 Å². The monoisotopic (exact) mass is 309 g/mol. The maximum Gasteiger partial charge on any atom is 0.342 e. The zero-order valence-corrected chi connectivity index (χ0v) is 12.4. The smallest absolute Gasteiger partial charge is 0.342 e. The Balaban J connectivity index is 1.89. The van der Waals surface area contributed by atoms with Crippen molar-refractivity contribution in [1.29, 1.82) is 0 Å². The van der Waals surface area contributed by atoms with Crippen molar-refractivity contribution in [3.8, 4) is 11.5 Å². The van der Waals surface area contributed by atoms with Gasteiger partial charge in [-0.1, -0.05) is 30.3 Å². The fraction of sp³-hybridized carbons (Fsp3) is 0.111. The van der Waals surface area contributed by atoms with E-state index < -0.39 is 12.1 Å². The van der Waals surface area contributed by atoms with Gasteiger partial charge in [0.15, 0.2) is 0 Å². The summed E-state index contributed by atoms with van der Waals surface area (Å²) < 4.78 is 5.35. The number of benzene rings is 2. The summed E-state index contributed by atoms with van der Waals surface area (Å²) in [4.78, 5) is 16.1. The van der Waals surface area contributed by atoms with Crippen LogP contribution in [-0.2, 0) is 4.74 Å². The first-order valence-electron chi connectivity index (χ1n) is 7.12. The number of aromatic nitrogens is 1. The summed E-state index contributed by atoms with van der Waals surface area (Å²) in [5.41, 5.74) is 0.540. The quantitative estimate of drug-likeness (QED) is 0.723. The maximum atomic E-state index is 12.3. The van der Waals surface area contributed by atoms with Gasteiger partial charge in [0.2, 0.25) is 0 Å². The largest absolute Gasteiger partial charge is 0.506 e. The molecule has 0 aliphatic heterocycles. The number of ether oxygens (including phenoxy) is 1. The van der Waals surface area contributed by atoms with Crippen LogP contribution in [0, 0.1) is 0 Å². The highest BCUT2D eigenvalue weighted by Gasteiger charge is 2.20. The molecule has 0 fully saturated rings. The molecule has 1 aromatic heterocycles. The molecule has 2 aromatic carbocycles. The van der Waals surface area contributed by atoms with Crippen LogP contribution in [0.25, 0.3) is 10.8 Å². The molecule has 0 spiro atoms. The fourth-order valence-electron chi connectivity index (χ4n) is 2.45. The molecule has 23 heavy (non-hydrogen) atoms. The molecular formula is C18H15NO4. The van der Waals surface area contributed by atoms with E-state index >= 15 is 0 Å². The van der Waals surface area contributed by atoms with Gasteiger partial charge in [-0.05, 0) is 24.4 Å². The summed E-state index contributed by atoms with van der Waals surface area (Å²) in [7, 11) is 0. The van der Waals surface area contributed by atoms with Crippen LogP contribution >= 0.6 is 0 Å². The standard InChI is InChI=1S/C18H15NO4/c1-11(13-8-9-19-10-16(13)20)23-18(22)15-7-6-12-4-2-3-5-14(12)17(15)21/h2-11,20-21H,1H3/t11-/m1/s1. The molecule has 0 saturated heterocycles. The summed E-state index contributed by atoms with van der Waals surface area (Å²) in [6, 6.07) is 12.1. The second-order valence-electron chi connectivity index (χ2n) is 5.16. The zero-order chi connectivity index (χ0) is 16.4. The van der Waals surface area contributed by atoms with Gasteiger partial charge in [-0.25, -0.2) is 4.79 Å². The summed E-state index contributed by atoms with van der Waals surface area (Å²) in [6.45, 7) is 1.64. The number of hydrogen-bond acceptors (Lipinski definition) is 5. The molecule has 0 bridgehead atoms. The predicted molar refractivity (Wildman–Crippen MR) is 85.3 cm³/mol. The second kappa shape index (κ2) is 5.96. The molecule has 1 atom stereocenters. The molecule has 5 nitrogen and oxygen atoms in total.